The average Bonchev–Trinajstić information content (AvgIpc) is 2.69. The first-order valence-corrected chi connectivity index (χ1v) is 7.78. The molecule has 0 fully saturated rings. The van der Waals surface area contributed by atoms with Crippen LogP contribution in [-0.2, 0) is 19.1 Å². The predicted molar refractivity (Wildman–Crippen MR) is 111 cm³/mol. The summed E-state index contributed by atoms with van der Waals surface area (Å²) in [6.45, 7) is 20.7. The highest BCUT2D eigenvalue weighted by Crippen LogP contribution is 1.97. The molecule has 0 aromatic heterocycles. The van der Waals surface area contributed by atoms with Gasteiger partial charge in [0.1, 0.15) is 0 Å². The normalized spacial score (nSPS) is 7.50. The van der Waals surface area contributed by atoms with Crippen LogP contribution in [0, 0.1) is 0 Å². The molecule has 0 spiro atoms. The van der Waals surface area contributed by atoms with Crippen LogP contribution >= 0.6 is 0 Å². The number of esters is 2. The average molecular weight is 358 g/mol. The largest absolute Gasteiger partial charge is 0.466 e. The second-order valence-corrected chi connectivity index (χ2v) is 4.31. The molecule has 0 aliphatic heterocycles. The van der Waals surface area contributed by atoms with Crippen molar-refractivity contribution in [3.63, 3.8) is 0 Å². The molecular formula is C22H30O4. The van der Waals surface area contributed by atoms with Gasteiger partial charge in [-0.2, -0.15) is 0 Å². The van der Waals surface area contributed by atoms with Gasteiger partial charge in [-0.25, -0.2) is 9.59 Å². The van der Waals surface area contributed by atoms with E-state index in [4.69, 9.17) is 0 Å². The Kier molecular flexibility index (Phi) is 23.3. The minimum absolute atomic E-state index is 0.347. The van der Waals surface area contributed by atoms with Gasteiger partial charge in [0.05, 0.1) is 13.7 Å². The number of methoxy groups -OCH3 is 1. The van der Waals surface area contributed by atoms with Crippen molar-refractivity contribution in [3.05, 3.63) is 92.6 Å². The number of benzene rings is 1. The van der Waals surface area contributed by atoms with Crippen molar-refractivity contribution >= 4 is 18.0 Å². The Hall–Kier alpha value is -3.14. The Morgan fingerprint density at radius 3 is 1.69 bits per heavy atom. The molecule has 1 aromatic carbocycles. The maximum atomic E-state index is 10.2. The fourth-order valence-electron chi connectivity index (χ4n) is 0.965. The summed E-state index contributed by atoms with van der Waals surface area (Å²) in [5, 5.41) is 0. The van der Waals surface area contributed by atoms with Crippen molar-refractivity contribution in [2.45, 2.75) is 13.8 Å². The van der Waals surface area contributed by atoms with E-state index in [-0.39, 0.29) is 11.9 Å². The zero-order valence-corrected chi connectivity index (χ0v) is 16.1. The van der Waals surface area contributed by atoms with E-state index in [1.54, 1.807) is 26.0 Å². The Morgan fingerprint density at radius 2 is 1.54 bits per heavy atom. The highest BCUT2D eigenvalue weighted by molar-refractivity contribution is 5.86. The van der Waals surface area contributed by atoms with Crippen LogP contribution in [0.1, 0.15) is 19.4 Å². The smallest absolute Gasteiger partial charge is 0.332 e. The van der Waals surface area contributed by atoms with Gasteiger partial charge < -0.3 is 9.47 Å². The van der Waals surface area contributed by atoms with E-state index in [1.807, 2.05) is 36.4 Å². The van der Waals surface area contributed by atoms with Gasteiger partial charge in [0, 0.05) is 11.6 Å². The zero-order valence-electron chi connectivity index (χ0n) is 16.1. The molecule has 4 nitrogen and oxygen atoms in total. The Balaban J connectivity index is -0.000000279. The first-order chi connectivity index (χ1) is 12.3. The minimum atomic E-state index is -0.359. The summed E-state index contributed by atoms with van der Waals surface area (Å²) in [5.41, 5.74) is 1.61. The second-order valence-electron chi connectivity index (χ2n) is 4.31. The Morgan fingerprint density at radius 1 is 1.04 bits per heavy atom. The van der Waals surface area contributed by atoms with Gasteiger partial charge in [0.15, 0.2) is 0 Å². The van der Waals surface area contributed by atoms with Crippen LogP contribution in [0.25, 0.3) is 6.08 Å². The lowest BCUT2D eigenvalue weighted by Crippen LogP contribution is -1.98. The van der Waals surface area contributed by atoms with Crippen LogP contribution in [0.3, 0.4) is 0 Å². The van der Waals surface area contributed by atoms with Crippen LogP contribution in [0.4, 0.5) is 0 Å². The second kappa shape index (κ2) is 21.9. The summed E-state index contributed by atoms with van der Waals surface area (Å²) in [6, 6.07) is 10.0. The molecule has 0 heterocycles. The number of rotatable bonds is 5. The van der Waals surface area contributed by atoms with Gasteiger partial charge in [-0.3, -0.25) is 0 Å². The van der Waals surface area contributed by atoms with E-state index in [0.29, 0.717) is 12.2 Å². The van der Waals surface area contributed by atoms with Crippen LogP contribution in [0.2, 0.25) is 0 Å². The lowest BCUT2D eigenvalue weighted by atomic mass is 10.2. The lowest BCUT2D eigenvalue weighted by Gasteiger charge is -1.91. The standard InChI is InChI=1S/C8H8.2C5H8O2.C4H6/c1-2-8-6-4-3-5-7-8;1-4(2)5(6)7-3;1-3-5(6)7-4-2;1-3-4-2/h2-7H,1H2;1H2,2-3H3;3H,1,4H2,2H3;3-4H,1-2H2. The van der Waals surface area contributed by atoms with E-state index in [9.17, 15) is 9.59 Å². The Bertz CT molecular complexity index is 549. The molecule has 0 saturated carbocycles. The summed E-state index contributed by atoms with van der Waals surface area (Å²) in [5.74, 6) is -0.706. The highest BCUT2D eigenvalue weighted by atomic mass is 16.5. The fourth-order valence-corrected chi connectivity index (χ4v) is 0.965. The van der Waals surface area contributed by atoms with Crippen LogP contribution in [0.5, 0.6) is 0 Å². The topological polar surface area (TPSA) is 52.6 Å². The van der Waals surface area contributed by atoms with Gasteiger partial charge >= 0.3 is 11.9 Å². The molecular weight excluding hydrogens is 328 g/mol. The molecule has 1 aromatic rings. The van der Waals surface area contributed by atoms with Crippen molar-refractivity contribution in [2.24, 2.45) is 0 Å². The van der Waals surface area contributed by atoms with Crippen molar-refractivity contribution < 1.29 is 19.1 Å². The zero-order chi connectivity index (χ0) is 20.8. The number of hydrogen-bond acceptors (Lipinski definition) is 4. The third-order valence-corrected chi connectivity index (χ3v) is 2.19. The van der Waals surface area contributed by atoms with Crippen molar-refractivity contribution in [1.29, 1.82) is 0 Å². The quantitative estimate of drug-likeness (QED) is 0.414. The number of carbonyl (C=O) groups excluding carboxylic acids is 2. The minimum Gasteiger partial charge on any atom is -0.466 e. The number of hydrogen-bond donors (Lipinski definition) is 0. The Labute approximate surface area is 157 Å². The SMILES string of the molecule is C=C(C)C(=O)OC.C=CC(=O)OCC.C=CC=C.C=Cc1ccccc1. The summed E-state index contributed by atoms with van der Waals surface area (Å²) in [6.07, 6.45) is 6.25. The summed E-state index contributed by atoms with van der Waals surface area (Å²) in [7, 11) is 1.33. The molecule has 0 aliphatic rings. The van der Waals surface area contributed by atoms with Gasteiger partial charge in [-0.15, -0.1) is 0 Å². The van der Waals surface area contributed by atoms with Gasteiger partial charge in [-0.1, -0.05) is 81.5 Å². The van der Waals surface area contributed by atoms with E-state index in [1.165, 1.54) is 12.7 Å². The third kappa shape index (κ3) is 23.1. The van der Waals surface area contributed by atoms with Gasteiger partial charge in [0.25, 0.3) is 0 Å². The highest BCUT2D eigenvalue weighted by Gasteiger charge is 1.95. The molecule has 0 radical (unpaired) electrons. The fraction of sp³-hybridized carbons (Fsp3) is 0.182. The molecule has 0 aliphatic carbocycles. The first kappa shape index (κ1) is 27.7. The van der Waals surface area contributed by atoms with Gasteiger partial charge in [0.2, 0.25) is 0 Å². The molecule has 1 rings (SSSR count). The van der Waals surface area contributed by atoms with Crippen LogP contribution < -0.4 is 0 Å². The molecule has 0 saturated heterocycles. The molecule has 0 atom stereocenters. The number of carbonyl (C=O) groups is 2. The third-order valence-electron chi connectivity index (χ3n) is 2.19. The van der Waals surface area contributed by atoms with Crippen molar-refractivity contribution in [3.8, 4) is 0 Å². The van der Waals surface area contributed by atoms with E-state index in [0.717, 1.165) is 6.08 Å². The molecule has 0 unspecified atom stereocenters. The van der Waals surface area contributed by atoms with E-state index >= 15 is 0 Å². The van der Waals surface area contributed by atoms with Crippen LogP contribution in [-0.4, -0.2) is 25.7 Å². The maximum Gasteiger partial charge on any atom is 0.332 e. The molecule has 0 N–H and O–H groups in total. The maximum absolute atomic E-state index is 10.2. The molecule has 4 heteroatoms. The van der Waals surface area contributed by atoms with Crippen LogP contribution in [0.15, 0.2) is 87.0 Å². The summed E-state index contributed by atoms with van der Waals surface area (Å²) >= 11 is 0. The molecule has 0 amide bonds. The monoisotopic (exact) mass is 358 g/mol. The summed E-state index contributed by atoms with van der Waals surface area (Å²) < 4.78 is 8.71. The van der Waals surface area contributed by atoms with E-state index in [2.05, 4.69) is 42.4 Å². The van der Waals surface area contributed by atoms with Gasteiger partial charge in [-0.05, 0) is 19.4 Å². The van der Waals surface area contributed by atoms with Crippen molar-refractivity contribution in [1.82, 2.24) is 0 Å². The number of allylic oxidation sites excluding steroid dienone is 2. The van der Waals surface area contributed by atoms with Crippen molar-refractivity contribution in [2.75, 3.05) is 13.7 Å². The summed E-state index contributed by atoms with van der Waals surface area (Å²) in [4.78, 5) is 20.3. The predicted octanol–water partition coefficient (Wildman–Crippen LogP) is 5.16. The molecule has 142 valence electrons. The van der Waals surface area contributed by atoms with E-state index < -0.39 is 0 Å². The molecule has 0 bridgehead atoms. The number of ether oxygens (including phenoxy) is 2. The lowest BCUT2D eigenvalue weighted by molar-refractivity contribution is -0.137. The molecule has 26 heavy (non-hydrogen) atoms. The first-order valence-electron chi connectivity index (χ1n) is 7.78.